The minimum Gasteiger partial charge on any atom is -0.497 e. The first kappa shape index (κ1) is 19.2. The molecule has 3 rings (SSSR count). The first-order valence-corrected chi connectivity index (χ1v) is 8.88. The van der Waals surface area contributed by atoms with Crippen molar-refractivity contribution in [2.24, 2.45) is 0 Å². The van der Waals surface area contributed by atoms with Crippen LogP contribution in [0.4, 0.5) is 0 Å². The van der Waals surface area contributed by atoms with Gasteiger partial charge >= 0.3 is 0 Å². The van der Waals surface area contributed by atoms with Gasteiger partial charge in [0.15, 0.2) is 6.61 Å². The summed E-state index contributed by atoms with van der Waals surface area (Å²) in [5.74, 6) is 1.92. The van der Waals surface area contributed by atoms with E-state index in [9.17, 15) is 4.79 Å². The first-order chi connectivity index (χ1) is 13.7. The number of nitrogens with one attached hydrogen (secondary N) is 1. The summed E-state index contributed by atoms with van der Waals surface area (Å²) in [7, 11) is 1.60. The van der Waals surface area contributed by atoms with Crippen LogP contribution in [0, 0.1) is 0 Å². The molecule has 3 aromatic rings. The molecule has 0 saturated carbocycles. The average Bonchev–Trinajstić information content (AvgIpc) is 2.76. The Kier molecular flexibility index (Phi) is 6.84. The number of pyridine rings is 1. The fourth-order valence-electron chi connectivity index (χ4n) is 2.42. The van der Waals surface area contributed by atoms with E-state index in [4.69, 9.17) is 14.2 Å². The Morgan fingerprint density at radius 2 is 1.57 bits per heavy atom. The molecule has 2 aromatic carbocycles. The van der Waals surface area contributed by atoms with Gasteiger partial charge in [-0.3, -0.25) is 9.78 Å². The van der Waals surface area contributed by atoms with Gasteiger partial charge in [-0.05, 0) is 54.1 Å². The highest BCUT2D eigenvalue weighted by atomic mass is 16.5. The number of benzene rings is 2. The normalized spacial score (nSPS) is 10.2. The fraction of sp³-hybridized carbons (Fsp3) is 0.182. The van der Waals surface area contributed by atoms with Crippen molar-refractivity contribution in [3.05, 3.63) is 84.2 Å². The van der Waals surface area contributed by atoms with Crippen LogP contribution in [-0.2, 0) is 17.9 Å². The molecule has 0 fully saturated rings. The summed E-state index contributed by atoms with van der Waals surface area (Å²) < 4.78 is 16.2. The zero-order valence-corrected chi connectivity index (χ0v) is 15.6. The second-order valence-corrected chi connectivity index (χ2v) is 5.99. The summed E-state index contributed by atoms with van der Waals surface area (Å²) in [5, 5.41) is 2.83. The van der Waals surface area contributed by atoms with Crippen LogP contribution in [0.3, 0.4) is 0 Å². The molecule has 0 saturated heterocycles. The zero-order valence-electron chi connectivity index (χ0n) is 15.6. The Morgan fingerprint density at radius 3 is 2.25 bits per heavy atom. The molecule has 1 N–H and O–H groups in total. The second kappa shape index (κ2) is 9.97. The van der Waals surface area contributed by atoms with Crippen molar-refractivity contribution in [2.45, 2.75) is 13.2 Å². The van der Waals surface area contributed by atoms with Crippen molar-refractivity contribution in [2.75, 3.05) is 13.7 Å². The molecule has 0 radical (unpaired) electrons. The lowest BCUT2D eigenvalue weighted by Gasteiger charge is -2.09. The Bertz CT molecular complexity index is 865. The number of carbonyl (C=O) groups excluding carboxylic acids is 1. The van der Waals surface area contributed by atoms with Crippen LogP contribution in [-0.4, -0.2) is 24.6 Å². The maximum absolute atomic E-state index is 11.9. The predicted octanol–water partition coefficient (Wildman–Crippen LogP) is 3.36. The van der Waals surface area contributed by atoms with Crippen molar-refractivity contribution >= 4 is 5.91 Å². The molecule has 144 valence electrons. The monoisotopic (exact) mass is 378 g/mol. The van der Waals surface area contributed by atoms with Gasteiger partial charge in [0.1, 0.15) is 23.9 Å². The molecular weight excluding hydrogens is 356 g/mol. The van der Waals surface area contributed by atoms with Crippen LogP contribution in [0.15, 0.2) is 72.9 Å². The highest BCUT2D eigenvalue weighted by molar-refractivity contribution is 5.77. The number of rotatable bonds is 9. The number of nitrogens with zero attached hydrogens (tertiary/aromatic N) is 1. The minimum absolute atomic E-state index is 0.0440. The highest BCUT2D eigenvalue weighted by Gasteiger charge is 2.04. The van der Waals surface area contributed by atoms with Crippen molar-refractivity contribution in [3.8, 4) is 17.2 Å². The van der Waals surface area contributed by atoms with E-state index in [1.165, 1.54) is 0 Å². The van der Waals surface area contributed by atoms with E-state index >= 15 is 0 Å². The summed E-state index contributed by atoms with van der Waals surface area (Å²) in [4.78, 5) is 16.2. The van der Waals surface area contributed by atoms with Crippen molar-refractivity contribution in [3.63, 3.8) is 0 Å². The second-order valence-electron chi connectivity index (χ2n) is 5.99. The van der Waals surface area contributed by atoms with Crippen LogP contribution in [0.1, 0.15) is 11.3 Å². The summed E-state index contributed by atoms with van der Waals surface area (Å²) in [6.07, 6.45) is 1.74. The lowest BCUT2D eigenvalue weighted by Crippen LogP contribution is -2.28. The van der Waals surface area contributed by atoms with Crippen LogP contribution in [0.2, 0.25) is 0 Å². The third-order valence-corrected chi connectivity index (χ3v) is 3.96. The SMILES string of the molecule is COc1ccc(OCC(=O)NCc2ccc(OCc3ccccn3)cc2)cc1. The molecule has 0 bridgehead atoms. The zero-order chi connectivity index (χ0) is 19.6. The molecule has 28 heavy (non-hydrogen) atoms. The number of hydrogen-bond acceptors (Lipinski definition) is 5. The van der Waals surface area contributed by atoms with Gasteiger partial charge in [0.05, 0.1) is 12.8 Å². The molecule has 1 heterocycles. The van der Waals surface area contributed by atoms with Crippen molar-refractivity contribution < 1.29 is 19.0 Å². The molecule has 1 amide bonds. The maximum atomic E-state index is 11.9. The third kappa shape index (κ3) is 6.02. The van der Waals surface area contributed by atoms with Crippen molar-refractivity contribution in [1.82, 2.24) is 10.3 Å². The van der Waals surface area contributed by atoms with Gasteiger partial charge in [-0.1, -0.05) is 18.2 Å². The van der Waals surface area contributed by atoms with Gasteiger partial charge in [0, 0.05) is 12.7 Å². The van der Waals surface area contributed by atoms with E-state index < -0.39 is 0 Å². The minimum atomic E-state index is -0.189. The number of hydrogen-bond donors (Lipinski definition) is 1. The lowest BCUT2D eigenvalue weighted by atomic mass is 10.2. The van der Waals surface area contributed by atoms with E-state index in [1.54, 1.807) is 37.6 Å². The van der Waals surface area contributed by atoms with Crippen molar-refractivity contribution in [1.29, 1.82) is 0 Å². The molecule has 0 aliphatic carbocycles. The Morgan fingerprint density at radius 1 is 0.893 bits per heavy atom. The van der Waals surface area contributed by atoms with Crippen LogP contribution in [0.25, 0.3) is 0 Å². The predicted molar refractivity (Wildman–Crippen MR) is 105 cm³/mol. The molecule has 6 nitrogen and oxygen atoms in total. The van der Waals surface area contributed by atoms with E-state index in [0.717, 1.165) is 22.8 Å². The van der Waals surface area contributed by atoms with Gasteiger partial charge < -0.3 is 19.5 Å². The molecule has 0 aliphatic heterocycles. The standard InChI is InChI=1S/C22H22N2O4/c1-26-19-9-11-21(12-10-19)28-16-22(25)24-14-17-5-7-20(8-6-17)27-15-18-4-2-3-13-23-18/h2-13H,14-16H2,1H3,(H,24,25). The number of amides is 1. The molecule has 6 heteroatoms. The number of carbonyl (C=O) groups is 1. The van der Waals surface area contributed by atoms with E-state index in [0.29, 0.717) is 18.9 Å². The maximum Gasteiger partial charge on any atom is 0.258 e. The van der Waals surface area contributed by atoms with Gasteiger partial charge in [-0.25, -0.2) is 0 Å². The molecule has 0 unspecified atom stereocenters. The fourth-order valence-corrected chi connectivity index (χ4v) is 2.42. The first-order valence-electron chi connectivity index (χ1n) is 8.88. The molecule has 0 aliphatic rings. The summed E-state index contributed by atoms with van der Waals surface area (Å²) in [6.45, 7) is 0.794. The molecule has 1 aromatic heterocycles. The highest BCUT2D eigenvalue weighted by Crippen LogP contribution is 2.17. The topological polar surface area (TPSA) is 69.7 Å². The summed E-state index contributed by atoms with van der Waals surface area (Å²) in [6, 6.07) is 20.4. The summed E-state index contributed by atoms with van der Waals surface area (Å²) in [5.41, 5.74) is 1.85. The number of methoxy groups -OCH3 is 1. The number of ether oxygens (including phenoxy) is 3. The number of aromatic nitrogens is 1. The van der Waals surface area contributed by atoms with E-state index in [1.807, 2.05) is 42.5 Å². The smallest absolute Gasteiger partial charge is 0.258 e. The van der Waals surface area contributed by atoms with Crippen LogP contribution < -0.4 is 19.5 Å². The Labute approximate surface area is 164 Å². The van der Waals surface area contributed by atoms with Gasteiger partial charge in [0.2, 0.25) is 0 Å². The summed E-state index contributed by atoms with van der Waals surface area (Å²) >= 11 is 0. The Hall–Kier alpha value is -3.54. The molecule has 0 atom stereocenters. The average molecular weight is 378 g/mol. The molecule has 0 spiro atoms. The van der Waals surface area contributed by atoms with E-state index in [-0.39, 0.29) is 12.5 Å². The Balaban J connectivity index is 1.39. The molecular formula is C22H22N2O4. The van der Waals surface area contributed by atoms with Gasteiger partial charge in [-0.15, -0.1) is 0 Å². The third-order valence-electron chi connectivity index (χ3n) is 3.96. The van der Waals surface area contributed by atoms with Crippen LogP contribution in [0.5, 0.6) is 17.2 Å². The van der Waals surface area contributed by atoms with Gasteiger partial charge in [0.25, 0.3) is 5.91 Å². The van der Waals surface area contributed by atoms with Crippen LogP contribution >= 0.6 is 0 Å². The quantitative estimate of drug-likeness (QED) is 0.618. The largest absolute Gasteiger partial charge is 0.497 e. The van der Waals surface area contributed by atoms with E-state index in [2.05, 4.69) is 10.3 Å². The lowest BCUT2D eigenvalue weighted by molar-refractivity contribution is -0.123. The van der Waals surface area contributed by atoms with Gasteiger partial charge in [-0.2, -0.15) is 0 Å².